The van der Waals surface area contributed by atoms with Crippen molar-refractivity contribution in [2.24, 2.45) is 0 Å². The fourth-order valence-corrected chi connectivity index (χ4v) is 1.34. The molecule has 4 nitrogen and oxygen atoms in total. The topological polar surface area (TPSA) is 69.9 Å². The summed E-state index contributed by atoms with van der Waals surface area (Å²) in [6.07, 6.45) is -0.296. The summed E-state index contributed by atoms with van der Waals surface area (Å²) in [7, 11) is 0. The summed E-state index contributed by atoms with van der Waals surface area (Å²) in [6, 6.07) is 2.59. The highest BCUT2D eigenvalue weighted by Gasteiger charge is 2.14. The van der Waals surface area contributed by atoms with Crippen LogP contribution in [-0.2, 0) is 0 Å². The molecule has 0 fully saturated rings. The third kappa shape index (κ3) is 2.76. The molecule has 0 aromatic heterocycles. The van der Waals surface area contributed by atoms with Crippen molar-refractivity contribution in [3.05, 3.63) is 17.7 Å². The minimum absolute atomic E-state index is 0.162. The molecule has 3 N–H and O–H groups in total. The van der Waals surface area contributed by atoms with Crippen LogP contribution in [0.4, 0.5) is 4.39 Å². The number of hydrogen-bond acceptors (Lipinski definition) is 4. The zero-order chi connectivity index (χ0) is 12.1. The van der Waals surface area contributed by atoms with Crippen LogP contribution in [0.5, 0.6) is 17.2 Å². The molecule has 0 unspecified atom stereocenters. The van der Waals surface area contributed by atoms with Crippen LogP contribution < -0.4 is 4.74 Å². The second-order valence-corrected chi connectivity index (χ2v) is 3.35. The number of phenolic OH excluding ortho intramolecular Hbond substituents is 2. The summed E-state index contributed by atoms with van der Waals surface area (Å²) in [5.41, 5.74) is 0.394. The Hall–Kier alpha value is -1.49. The van der Waals surface area contributed by atoms with E-state index in [2.05, 4.69) is 0 Å². The number of hydrogen-bond donors (Lipinski definition) is 3. The standard InChI is InChI=1S/C11H15FO4/c1-2-8(13)7-5-9(14)11(10(15)6-7)16-4-3-12/h5-6,8,13-15H,2-4H2,1H3/t8-/m0/s1. The molecule has 0 aliphatic heterocycles. The first-order valence-corrected chi connectivity index (χ1v) is 5.02. The minimum Gasteiger partial charge on any atom is -0.504 e. The first kappa shape index (κ1) is 12.6. The van der Waals surface area contributed by atoms with Crippen LogP contribution in [0.3, 0.4) is 0 Å². The SMILES string of the molecule is CC[C@H](O)c1cc(O)c(OCCF)c(O)c1. The lowest BCUT2D eigenvalue weighted by Gasteiger charge is -2.13. The first-order chi connectivity index (χ1) is 7.60. The van der Waals surface area contributed by atoms with Crippen LogP contribution in [0.2, 0.25) is 0 Å². The van der Waals surface area contributed by atoms with Gasteiger partial charge in [-0.1, -0.05) is 6.92 Å². The minimum atomic E-state index is -0.757. The number of aliphatic hydroxyl groups is 1. The number of halogens is 1. The van der Waals surface area contributed by atoms with Crippen LogP contribution >= 0.6 is 0 Å². The van der Waals surface area contributed by atoms with Gasteiger partial charge in [0.25, 0.3) is 0 Å². The van der Waals surface area contributed by atoms with Gasteiger partial charge < -0.3 is 20.1 Å². The Morgan fingerprint density at radius 1 is 1.31 bits per heavy atom. The molecular weight excluding hydrogens is 215 g/mol. The van der Waals surface area contributed by atoms with E-state index < -0.39 is 12.8 Å². The Labute approximate surface area is 92.9 Å². The third-order valence-electron chi connectivity index (χ3n) is 2.17. The molecule has 1 atom stereocenters. The molecule has 0 radical (unpaired) electrons. The summed E-state index contributed by atoms with van der Waals surface area (Å²) < 4.78 is 16.7. The summed E-state index contributed by atoms with van der Waals surface area (Å²) in [5, 5.41) is 28.6. The molecule has 0 heterocycles. The van der Waals surface area contributed by atoms with Gasteiger partial charge in [-0.15, -0.1) is 0 Å². The monoisotopic (exact) mass is 230 g/mol. The summed E-state index contributed by atoms with van der Waals surface area (Å²) in [4.78, 5) is 0. The van der Waals surface area contributed by atoms with E-state index in [-0.39, 0.29) is 23.9 Å². The molecule has 1 aromatic rings. The van der Waals surface area contributed by atoms with Crippen molar-refractivity contribution in [1.82, 2.24) is 0 Å². The fourth-order valence-electron chi connectivity index (χ4n) is 1.34. The highest BCUT2D eigenvalue weighted by molar-refractivity contribution is 5.52. The molecule has 0 saturated heterocycles. The Kier molecular flexibility index (Phi) is 4.37. The van der Waals surface area contributed by atoms with E-state index in [9.17, 15) is 19.7 Å². The predicted molar refractivity (Wildman–Crippen MR) is 56.5 cm³/mol. The van der Waals surface area contributed by atoms with Crippen LogP contribution in [-0.4, -0.2) is 28.6 Å². The van der Waals surface area contributed by atoms with Gasteiger partial charge in [0.2, 0.25) is 5.75 Å². The van der Waals surface area contributed by atoms with Crippen molar-refractivity contribution in [3.63, 3.8) is 0 Å². The maximum absolute atomic E-state index is 11.9. The molecule has 0 aliphatic rings. The van der Waals surface area contributed by atoms with Gasteiger partial charge in [-0.2, -0.15) is 0 Å². The highest BCUT2D eigenvalue weighted by Crippen LogP contribution is 2.38. The zero-order valence-electron chi connectivity index (χ0n) is 8.98. The van der Waals surface area contributed by atoms with Crippen molar-refractivity contribution in [2.45, 2.75) is 19.4 Å². The van der Waals surface area contributed by atoms with Gasteiger partial charge in [-0.05, 0) is 24.1 Å². The van der Waals surface area contributed by atoms with E-state index in [1.807, 2.05) is 0 Å². The molecule has 0 amide bonds. The summed E-state index contributed by atoms with van der Waals surface area (Å²) >= 11 is 0. The van der Waals surface area contributed by atoms with Gasteiger partial charge in [0.1, 0.15) is 13.3 Å². The Morgan fingerprint density at radius 2 is 1.88 bits per heavy atom. The van der Waals surface area contributed by atoms with Gasteiger partial charge in [-0.25, -0.2) is 4.39 Å². The van der Waals surface area contributed by atoms with Crippen LogP contribution in [0.15, 0.2) is 12.1 Å². The Balaban J connectivity index is 2.97. The largest absolute Gasteiger partial charge is 0.504 e. The number of phenols is 2. The lowest BCUT2D eigenvalue weighted by molar-refractivity contribution is 0.172. The van der Waals surface area contributed by atoms with E-state index in [0.29, 0.717) is 12.0 Å². The van der Waals surface area contributed by atoms with Crippen molar-refractivity contribution in [3.8, 4) is 17.2 Å². The number of ether oxygens (including phenoxy) is 1. The van der Waals surface area contributed by atoms with Gasteiger partial charge in [0, 0.05) is 0 Å². The van der Waals surface area contributed by atoms with E-state index in [1.54, 1.807) is 6.92 Å². The first-order valence-electron chi connectivity index (χ1n) is 5.02. The smallest absolute Gasteiger partial charge is 0.203 e. The highest BCUT2D eigenvalue weighted by atomic mass is 19.1. The quantitative estimate of drug-likeness (QED) is 0.722. The van der Waals surface area contributed by atoms with Gasteiger partial charge >= 0.3 is 0 Å². The summed E-state index contributed by atoms with van der Waals surface area (Å²) in [6.45, 7) is 0.821. The molecule has 0 spiro atoms. The van der Waals surface area contributed by atoms with Crippen molar-refractivity contribution < 1.29 is 24.4 Å². The Morgan fingerprint density at radius 3 is 2.31 bits per heavy atom. The van der Waals surface area contributed by atoms with E-state index in [4.69, 9.17) is 4.74 Å². The molecule has 0 bridgehead atoms. The molecule has 1 aromatic carbocycles. The zero-order valence-corrected chi connectivity index (χ0v) is 8.98. The fraction of sp³-hybridized carbons (Fsp3) is 0.455. The molecule has 1 rings (SSSR count). The van der Waals surface area contributed by atoms with Gasteiger partial charge in [0.05, 0.1) is 6.10 Å². The average Bonchev–Trinajstić information content (AvgIpc) is 2.26. The van der Waals surface area contributed by atoms with E-state index in [1.165, 1.54) is 12.1 Å². The van der Waals surface area contributed by atoms with Crippen molar-refractivity contribution in [2.75, 3.05) is 13.3 Å². The van der Waals surface area contributed by atoms with Crippen molar-refractivity contribution >= 4 is 0 Å². The predicted octanol–water partition coefficient (Wildman–Crippen LogP) is 1.89. The summed E-state index contributed by atoms with van der Waals surface area (Å²) in [5.74, 6) is -0.781. The molecule has 90 valence electrons. The Bertz CT molecular complexity index is 331. The lowest BCUT2D eigenvalue weighted by atomic mass is 10.1. The van der Waals surface area contributed by atoms with Crippen LogP contribution in [0, 0.1) is 0 Å². The molecule has 16 heavy (non-hydrogen) atoms. The van der Waals surface area contributed by atoms with Crippen LogP contribution in [0.1, 0.15) is 25.0 Å². The number of rotatable bonds is 5. The van der Waals surface area contributed by atoms with E-state index in [0.717, 1.165) is 0 Å². The second kappa shape index (κ2) is 5.55. The molecule has 0 aliphatic carbocycles. The van der Waals surface area contributed by atoms with Crippen LogP contribution in [0.25, 0.3) is 0 Å². The lowest BCUT2D eigenvalue weighted by Crippen LogP contribution is -2.01. The van der Waals surface area contributed by atoms with Gasteiger partial charge in [0.15, 0.2) is 11.5 Å². The maximum atomic E-state index is 11.9. The number of alkyl halides is 1. The van der Waals surface area contributed by atoms with Crippen molar-refractivity contribution in [1.29, 1.82) is 0 Å². The molecular formula is C11H15FO4. The maximum Gasteiger partial charge on any atom is 0.203 e. The number of benzene rings is 1. The normalized spacial score (nSPS) is 12.4. The molecule has 0 saturated carbocycles. The van der Waals surface area contributed by atoms with E-state index >= 15 is 0 Å². The number of aliphatic hydroxyl groups excluding tert-OH is 1. The third-order valence-corrected chi connectivity index (χ3v) is 2.17. The molecule has 5 heteroatoms. The number of aromatic hydroxyl groups is 2. The average molecular weight is 230 g/mol. The second-order valence-electron chi connectivity index (χ2n) is 3.35. The van der Waals surface area contributed by atoms with Gasteiger partial charge in [-0.3, -0.25) is 0 Å².